The summed E-state index contributed by atoms with van der Waals surface area (Å²) in [6, 6.07) is 4.53. The van der Waals surface area contributed by atoms with Crippen molar-refractivity contribution in [2.24, 2.45) is 0 Å². The van der Waals surface area contributed by atoms with Crippen LogP contribution in [0.25, 0.3) is 0 Å². The Balaban J connectivity index is 2.20. The van der Waals surface area contributed by atoms with Gasteiger partial charge in [-0.05, 0) is 13.0 Å². The lowest BCUT2D eigenvalue weighted by atomic mass is 10.2. The molecule has 0 bridgehead atoms. The Labute approximate surface area is 121 Å². The molecule has 6 nitrogen and oxygen atoms in total. The van der Waals surface area contributed by atoms with Crippen LogP contribution in [0, 0.1) is 5.82 Å². The van der Waals surface area contributed by atoms with Gasteiger partial charge in [-0.2, -0.15) is 5.10 Å². The van der Waals surface area contributed by atoms with Gasteiger partial charge >= 0.3 is 5.97 Å². The van der Waals surface area contributed by atoms with Crippen molar-refractivity contribution in [1.29, 1.82) is 0 Å². The molecule has 2 aromatic rings. The number of aromatic nitrogens is 2. The molecule has 0 fully saturated rings. The first-order valence-corrected chi connectivity index (χ1v) is 6.37. The molecule has 7 heteroatoms. The van der Waals surface area contributed by atoms with E-state index in [9.17, 15) is 9.18 Å². The maximum atomic E-state index is 13.9. The van der Waals surface area contributed by atoms with Crippen molar-refractivity contribution in [2.45, 2.75) is 13.5 Å². The van der Waals surface area contributed by atoms with Crippen LogP contribution in [0.5, 0.6) is 5.75 Å². The highest BCUT2D eigenvalue weighted by Gasteiger charge is 2.16. The number of benzene rings is 1. The smallest absolute Gasteiger partial charge is 0.361 e. The molecule has 0 saturated heterocycles. The number of anilines is 1. The molecule has 0 unspecified atom stereocenters. The van der Waals surface area contributed by atoms with Gasteiger partial charge in [0.15, 0.2) is 5.69 Å². The molecule has 0 aliphatic rings. The van der Waals surface area contributed by atoms with Gasteiger partial charge in [0.25, 0.3) is 0 Å². The number of methoxy groups -OCH3 is 1. The lowest BCUT2D eigenvalue weighted by Crippen LogP contribution is -2.09. The van der Waals surface area contributed by atoms with Crippen LogP contribution in [0.3, 0.4) is 0 Å². The second-order valence-corrected chi connectivity index (χ2v) is 4.31. The predicted octanol–water partition coefficient (Wildman–Crippen LogP) is 1.84. The van der Waals surface area contributed by atoms with E-state index in [2.05, 4.69) is 5.10 Å². The van der Waals surface area contributed by atoms with E-state index in [1.165, 1.54) is 24.1 Å². The Morgan fingerprint density at radius 1 is 1.48 bits per heavy atom. The number of nitrogen functional groups attached to an aromatic ring is 1. The zero-order valence-corrected chi connectivity index (χ0v) is 11.8. The normalized spacial score (nSPS) is 10.4. The van der Waals surface area contributed by atoms with Gasteiger partial charge in [0.05, 0.1) is 25.9 Å². The maximum absolute atomic E-state index is 13.9. The predicted molar refractivity (Wildman–Crippen MR) is 74.6 cm³/mol. The molecule has 0 aliphatic carbocycles. The standard InChI is InChI=1S/C14H16FN3O3/c1-3-21-14(19)13-12(16)8-18(17-13)7-9-4-5-10(20-2)6-11(9)15/h4-6,8H,3,7,16H2,1-2H3. The summed E-state index contributed by atoms with van der Waals surface area (Å²) in [5.41, 5.74) is 6.35. The Morgan fingerprint density at radius 2 is 2.24 bits per heavy atom. The third-order valence-electron chi connectivity index (χ3n) is 2.85. The SMILES string of the molecule is CCOC(=O)c1nn(Cc2ccc(OC)cc2F)cc1N. The fourth-order valence-electron chi connectivity index (χ4n) is 1.83. The van der Waals surface area contributed by atoms with Crippen molar-refractivity contribution in [3.63, 3.8) is 0 Å². The van der Waals surface area contributed by atoms with Gasteiger partial charge in [-0.25, -0.2) is 9.18 Å². The molecule has 0 spiro atoms. The quantitative estimate of drug-likeness (QED) is 0.851. The second-order valence-electron chi connectivity index (χ2n) is 4.31. The number of carbonyl (C=O) groups excluding carboxylic acids is 1. The molecule has 2 N–H and O–H groups in total. The Hall–Kier alpha value is -2.57. The first-order valence-electron chi connectivity index (χ1n) is 6.37. The molecule has 0 saturated carbocycles. The van der Waals surface area contributed by atoms with Crippen LogP contribution in [-0.2, 0) is 11.3 Å². The van der Waals surface area contributed by atoms with Gasteiger partial charge in [0.2, 0.25) is 0 Å². The summed E-state index contributed by atoms with van der Waals surface area (Å²) in [5.74, 6) is -0.575. The first-order chi connectivity index (χ1) is 10.0. The Bertz CT molecular complexity index is 655. The van der Waals surface area contributed by atoms with E-state index in [4.69, 9.17) is 15.2 Å². The largest absolute Gasteiger partial charge is 0.497 e. The fourth-order valence-corrected chi connectivity index (χ4v) is 1.83. The van der Waals surface area contributed by atoms with E-state index >= 15 is 0 Å². The molecular weight excluding hydrogens is 277 g/mol. The van der Waals surface area contributed by atoms with Crippen molar-refractivity contribution in [2.75, 3.05) is 19.5 Å². The molecular formula is C14H16FN3O3. The van der Waals surface area contributed by atoms with E-state index in [0.29, 0.717) is 11.3 Å². The number of rotatable bonds is 5. The van der Waals surface area contributed by atoms with Crippen LogP contribution < -0.4 is 10.5 Å². The minimum Gasteiger partial charge on any atom is -0.497 e. The van der Waals surface area contributed by atoms with Crippen LogP contribution in [0.1, 0.15) is 23.0 Å². The summed E-state index contributed by atoms with van der Waals surface area (Å²) in [5, 5.41) is 4.03. The summed E-state index contributed by atoms with van der Waals surface area (Å²) in [6.07, 6.45) is 1.47. The van der Waals surface area contributed by atoms with Gasteiger partial charge in [-0.1, -0.05) is 6.07 Å². The topological polar surface area (TPSA) is 79.4 Å². The van der Waals surface area contributed by atoms with Crippen molar-refractivity contribution >= 4 is 11.7 Å². The van der Waals surface area contributed by atoms with E-state index in [1.807, 2.05) is 0 Å². The van der Waals surface area contributed by atoms with Crippen molar-refractivity contribution in [1.82, 2.24) is 9.78 Å². The van der Waals surface area contributed by atoms with Crippen LogP contribution >= 0.6 is 0 Å². The fraction of sp³-hybridized carbons (Fsp3) is 0.286. The summed E-state index contributed by atoms with van der Waals surface area (Å²) in [7, 11) is 1.47. The summed E-state index contributed by atoms with van der Waals surface area (Å²) in [6.45, 7) is 2.08. The highest BCUT2D eigenvalue weighted by molar-refractivity contribution is 5.92. The van der Waals surface area contributed by atoms with Gasteiger partial charge in [-0.15, -0.1) is 0 Å². The zero-order valence-electron chi connectivity index (χ0n) is 11.8. The molecule has 1 aromatic heterocycles. The zero-order chi connectivity index (χ0) is 15.4. The Kier molecular flexibility index (Phi) is 4.42. The number of nitrogens with two attached hydrogens (primary N) is 1. The Morgan fingerprint density at radius 3 is 2.86 bits per heavy atom. The molecule has 1 aromatic carbocycles. The van der Waals surface area contributed by atoms with Crippen molar-refractivity contribution < 1.29 is 18.7 Å². The third kappa shape index (κ3) is 3.31. The van der Waals surface area contributed by atoms with Gasteiger partial charge < -0.3 is 15.2 Å². The lowest BCUT2D eigenvalue weighted by Gasteiger charge is -2.05. The van der Waals surface area contributed by atoms with E-state index in [0.717, 1.165) is 0 Å². The van der Waals surface area contributed by atoms with Crippen LogP contribution in [0.15, 0.2) is 24.4 Å². The number of carbonyl (C=O) groups is 1. The third-order valence-corrected chi connectivity index (χ3v) is 2.85. The van der Waals surface area contributed by atoms with Crippen molar-refractivity contribution in [3.05, 3.63) is 41.5 Å². The molecule has 21 heavy (non-hydrogen) atoms. The maximum Gasteiger partial charge on any atom is 0.361 e. The number of halogens is 1. The number of esters is 1. The van der Waals surface area contributed by atoms with E-state index < -0.39 is 11.8 Å². The molecule has 0 aliphatic heterocycles. The van der Waals surface area contributed by atoms with Gasteiger partial charge in [-0.3, -0.25) is 4.68 Å². The first kappa shape index (κ1) is 14.8. The number of nitrogens with zero attached hydrogens (tertiary/aromatic N) is 2. The number of hydrogen-bond acceptors (Lipinski definition) is 5. The summed E-state index contributed by atoms with van der Waals surface area (Å²) < 4.78 is 25.0. The minimum absolute atomic E-state index is 0.0331. The van der Waals surface area contributed by atoms with Gasteiger partial charge in [0.1, 0.15) is 11.6 Å². The molecule has 0 radical (unpaired) electrons. The van der Waals surface area contributed by atoms with E-state index in [-0.39, 0.29) is 24.5 Å². The number of ether oxygens (including phenoxy) is 2. The average molecular weight is 293 g/mol. The highest BCUT2D eigenvalue weighted by Crippen LogP contribution is 2.18. The van der Waals surface area contributed by atoms with Crippen LogP contribution in [0.2, 0.25) is 0 Å². The molecule has 112 valence electrons. The summed E-state index contributed by atoms with van der Waals surface area (Å²) >= 11 is 0. The van der Waals surface area contributed by atoms with Crippen LogP contribution in [0.4, 0.5) is 10.1 Å². The van der Waals surface area contributed by atoms with E-state index in [1.54, 1.807) is 19.1 Å². The van der Waals surface area contributed by atoms with Crippen molar-refractivity contribution in [3.8, 4) is 5.75 Å². The molecule has 0 atom stereocenters. The molecule has 1 heterocycles. The number of hydrogen-bond donors (Lipinski definition) is 1. The summed E-state index contributed by atoms with van der Waals surface area (Å²) in [4.78, 5) is 11.6. The highest BCUT2D eigenvalue weighted by atomic mass is 19.1. The molecule has 2 rings (SSSR count). The van der Waals surface area contributed by atoms with Crippen LogP contribution in [-0.4, -0.2) is 29.5 Å². The monoisotopic (exact) mass is 293 g/mol. The average Bonchev–Trinajstić information content (AvgIpc) is 2.82. The lowest BCUT2D eigenvalue weighted by molar-refractivity contribution is 0.0519. The minimum atomic E-state index is -0.594. The second kappa shape index (κ2) is 6.25. The molecule has 0 amide bonds. The van der Waals surface area contributed by atoms with Gasteiger partial charge in [0, 0.05) is 17.8 Å².